The predicted octanol–water partition coefficient (Wildman–Crippen LogP) is 7.73. The fourth-order valence-electron chi connectivity index (χ4n) is 3.67. The van der Waals surface area contributed by atoms with Gasteiger partial charge in [-0.3, -0.25) is 4.48 Å². The Balaban J connectivity index is 2.00. The molecule has 0 aliphatic rings. The summed E-state index contributed by atoms with van der Waals surface area (Å²) in [5, 5.41) is 0. The van der Waals surface area contributed by atoms with E-state index in [1.165, 1.54) is 89.2 Å². The van der Waals surface area contributed by atoms with Gasteiger partial charge in [-0.25, -0.2) is 0 Å². The van der Waals surface area contributed by atoms with Gasteiger partial charge >= 0.3 is 0 Å². The number of rotatable bonds is 15. The van der Waals surface area contributed by atoms with Crippen LogP contribution in [0.4, 0.5) is 5.69 Å². The number of para-hydroxylation sites is 1. The molecule has 0 N–H and O–H groups in total. The first kappa shape index (κ1) is 22.2. The van der Waals surface area contributed by atoms with E-state index in [0.717, 1.165) is 4.48 Å². The Morgan fingerprint density at radius 2 is 1.12 bits per heavy atom. The van der Waals surface area contributed by atoms with Crippen molar-refractivity contribution in [2.45, 2.75) is 103 Å². The van der Waals surface area contributed by atoms with E-state index in [1.807, 2.05) is 0 Å². The molecule has 1 unspecified atom stereocenters. The Morgan fingerprint density at radius 3 is 1.60 bits per heavy atom. The molecular formula is C24H44N+. The van der Waals surface area contributed by atoms with Crippen LogP contribution < -0.4 is 4.48 Å². The minimum Gasteiger partial charge on any atom is -0.294 e. The standard InChI is InChI=1S/C24H44N/c1-5-6-7-8-9-10-11-12-13-14-15-17-20-23(2)25(3,4)24-21-18-16-19-22-24/h16,18-19,21-23H,5-15,17,20H2,1-4H3/q+1. The van der Waals surface area contributed by atoms with Gasteiger partial charge in [0.25, 0.3) is 0 Å². The molecule has 0 aromatic heterocycles. The molecular weight excluding hydrogens is 302 g/mol. The molecule has 1 aromatic carbocycles. The summed E-state index contributed by atoms with van der Waals surface area (Å²) in [6, 6.07) is 11.6. The fraction of sp³-hybridized carbons (Fsp3) is 0.750. The molecule has 0 amide bonds. The predicted molar refractivity (Wildman–Crippen MR) is 115 cm³/mol. The first-order chi connectivity index (χ1) is 12.1. The second-order valence-corrected chi connectivity index (χ2v) is 8.40. The summed E-state index contributed by atoms with van der Waals surface area (Å²) in [6.07, 6.45) is 18.5. The summed E-state index contributed by atoms with van der Waals surface area (Å²) in [7, 11) is 4.70. The number of quaternary nitrogens is 1. The molecule has 1 heteroatoms. The number of unbranched alkanes of at least 4 members (excludes halogenated alkanes) is 11. The molecule has 1 atom stereocenters. The van der Waals surface area contributed by atoms with Crippen LogP contribution in [0.1, 0.15) is 97.3 Å². The van der Waals surface area contributed by atoms with Crippen molar-refractivity contribution in [3.63, 3.8) is 0 Å². The lowest BCUT2D eigenvalue weighted by molar-refractivity contribution is 0.288. The van der Waals surface area contributed by atoms with Crippen molar-refractivity contribution < 1.29 is 0 Å². The Morgan fingerprint density at radius 1 is 0.680 bits per heavy atom. The molecule has 0 aliphatic heterocycles. The maximum Gasteiger partial charge on any atom is 0.132 e. The summed E-state index contributed by atoms with van der Waals surface area (Å²) >= 11 is 0. The molecule has 1 aromatic rings. The molecule has 25 heavy (non-hydrogen) atoms. The summed E-state index contributed by atoms with van der Waals surface area (Å²) < 4.78 is 0.999. The van der Waals surface area contributed by atoms with Crippen LogP contribution in [0.5, 0.6) is 0 Å². The van der Waals surface area contributed by atoms with E-state index in [2.05, 4.69) is 58.3 Å². The van der Waals surface area contributed by atoms with Crippen LogP contribution in [-0.2, 0) is 0 Å². The minimum absolute atomic E-state index is 0.686. The summed E-state index contributed by atoms with van der Waals surface area (Å²) in [5.41, 5.74) is 1.42. The number of benzene rings is 1. The third kappa shape index (κ3) is 9.45. The molecule has 144 valence electrons. The van der Waals surface area contributed by atoms with Gasteiger partial charge in [-0.05, 0) is 31.9 Å². The molecule has 1 rings (SSSR count). The highest BCUT2D eigenvalue weighted by Crippen LogP contribution is 2.24. The van der Waals surface area contributed by atoms with E-state index in [-0.39, 0.29) is 0 Å². The maximum atomic E-state index is 2.41. The van der Waals surface area contributed by atoms with Crippen LogP contribution in [0.15, 0.2) is 30.3 Å². The molecule has 0 aliphatic carbocycles. The summed E-state index contributed by atoms with van der Waals surface area (Å²) in [6.45, 7) is 4.70. The number of hydrogen-bond acceptors (Lipinski definition) is 0. The Hall–Kier alpha value is -0.820. The van der Waals surface area contributed by atoms with Gasteiger partial charge in [0.15, 0.2) is 0 Å². The summed E-state index contributed by atoms with van der Waals surface area (Å²) in [4.78, 5) is 0. The van der Waals surface area contributed by atoms with Gasteiger partial charge in [-0.15, -0.1) is 0 Å². The Kier molecular flexibility index (Phi) is 11.9. The highest BCUT2D eigenvalue weighted by atomic mass is 15.3. The fourth-order valence-corrected chi connectivity index (χ4v) is 3.67. The monoisotopic (exact) mass is 346 g/mol. The average Bonchev–Trinajstić information content (AvgIpc) is 2.63. The second kappa shape index (κ2) is 13.4. The van der Waals surface area contributed by atoms with E-state index < -0.39 is 0 Å². The van der Waals surface area contributed by atoms with Gasteiger partial charge < -0.3 is 0 Å². The molecule has 0 radical (unpaired) electrons. The average molecular weight is 347 g/mol. The Labute approximate surface area is 158 Å². The largest absolute Gasteiger partial charge is 0.294 e. The molecule has 0 bridgehead atoms. The van der Waals surface area contributed by atoms with Crippen molar-refractivity contribution in [1.82, 2.24) is 4.48 Å². The van der Waals surface area contributed by atoms with Crippen molar-refractivity contribution in [3.8, 4) is 0 Å². The molecule has 0 heterocycles. The highest BCUT2D eigenvalue weighted by molar-refractivity contribution is 5.41. The van der Waals surface area contributed by atoms with Crippen LogP contribution >= 0.6 is 0 Å². The van der Waals surface area contributed by atoms with Crippen LogP contribution in [0, 0.1) is 0 Å². The van der Waals surface area contributed by atoms with Crippen LogP contribution in [-0.4, -0.2) is 20.1 Å². The molecule has 0 spiro atoms. The lowest BCUT2D eigenvalue weighted by atomic mass is 10.0. The normalized spacial score (nSPS) is 13.1. The topological polar surface area (TPSA) is 0 Å². The van der Waals surface area contributed by atoms with E-state index in [1.54, 1.807) is 0 Å². The maximum absolute atomic E-state index is 2.41. The van der Waals surface area contributed by atoms with E-state index in [9.17, 15) is 0 Å². The highest BCUT2D eigenvalue weighted by Gasteiger charge is 2.25. The van der Waals surface area contributed by atoms with Crippen molar-refractivity contribution in [2.75, 3.05) is 14.1 Å². The zero-order valence-corrected chi connectivity index (χ0v) is 17.6. The molecule has 0 fully saturated rings. The molecule has 0 saturated heterocycles. The van der Waals surface area contributed by atoms with Crippen molar-refractivity contribution in [3.05, 3.63) is 30.3 Å². The van der Waals surface area contributed by atoms with Gasteiger partial charge in [-0.2, -0.15) is 0 Å². The van der Waals surface area contributed by atoms with Crippen molar-refractivity contribution >= 4 is 5.69 Å². The van der Waals surface area contributed by atoms with Gasteiger partial charge in [0, 0.05) is 0 Å². The van der Waals surface area contributed by atoms with Crippen molar-refractivity contribution in [2.24, 2.45) is 0 Å². The third-order valence-electron chi connectivity index (χ3n) is 6.00. The second-order valence-electron chi connectivity index (χ2n) is 8.40. The van der Waals surface area contributed by atoms with Crippen molar-refractivity contribution in [1.29, 1.82) is 0 Å². The lowest BCUT2D eigenvalue weighted by Crippen LogP contribution is -2.48. The number of nitrogens with zero attached hydrogens (tertiary/aromatic N) is 1. The first-order valence-electron chi connectivity index (χ1n) is 11.0. The van der Waals surface area contributed by atoms with Crippen LogP contribution in [0.3, 0.4) is 0 Å². The van der Waals surface area contributed by atoms with E-state index >= 15 is 0 Å². The minimum atomic E-state index is 0.686. The quantitative estimate of drug-likeness (QED) is 0.225. The van der Waals surface area contributed by atoms with E-state index in [0.29, 0.717) is 6.04 Å². The lowest BCUT2D eigenvalue weighted by Gasteiger charge is -2.35. The zero-order chi connectivity index (χ0) is 18.4. The van der Waals surface area contributed by atoms with Gasteiger partial charge in [-0.1, -0.05) is 95.8 Å². The molecule has 1 nitrogen and oxygen atoms in total. The third-order valence-corrected chi connectivity index (χ3v) is 6.00. The summed E-state index contributed by atoms with van der Waals surface area (Å²) in [5.74, 6) is 0. The SMILES string of the molecule is CCCCCCCCCCCCCCC(C)[N+](C)(C)c1ccccc1. The molecule has 0 saturated carbocycles. The smallest absolute Gasteiger partial charge is 0.132 e. The van der Waals surface area contributed by atoms with Gasteiger partial charge in [0.05, 0.1) is 20.1 Å². The zero-order valence-electron chi connectivity index (χ0n) is 17.6. The Bertz CT molecular complexity index is 409. The number of hydrogen-bond donors (Lipinski definition) is 0. The first-order valence-corrected chi connectivity index (χ1v) is 11.0. The van der Waals surface area contributed by atoms with Crippen LogP contribution in [0.2, 0.25) is 0 Å². The van der Waals surface area contributed by atoms with Gasteiger partial charge in [0.1, 0.15) is 5.69 Å². The van der Waals surface area contributed by atoms with Crippen LogP contribution in [0.25, 0.3) is 0 Å². The van der Waals surface area contributed by atoms with E-state index in [4.69, 9.17) is 0 Å². The van der Waals surface area contributed by atoms with Gasteiger partial charge in [0.2, 0.25) is 0 Å².